The van der Waals surface area contributed by atoms with Crippen molar-refractivity contribution in [2.75, 3.05) is 20.2 Å². The predicted octanol–water partition coefficient (Wildman–Crippen LogP) is 1.39. The molecule has 2 aromatic rings. The number of fused-ring (bicyclic) bond motifs is 1. The third-order valence-electron chi connectivity index (χ3n) is 3.78. The van der Waals surface area contributed by atoms with Gasteiger partial charge in [-0.3, -0.25) is 9.59 Å². The van der Waals surface area contributed by atoms with E-state index < -0.39 is 6.04 Å². The first-order valence-corrected chi connectivity index (χ1v) is 8.14. The van der Waals surface area contributed by atoms with E-state index >= 15 is 0 Å². The van der Waals surface area contributed by atoms with E-state index in [0.717, 1.165) is 17.5 Å². The number of carbonyl (C=O) groups excluding carboxylic acids is 2. The molecule has 120 valence electrons. The van der Waals surface area contributed by atoms with Gasteiger partial charge in [-0.05, 0) is 29.1 Å². The van der Waals surface area contributed by atoms with Crippen LogP contribution in [0.4, 0.5) is 0 Å². The zero-order chi connectivity index (χ0) is 16.2. The van der Waals surface area contributed by atoms with Crippen LogP contribution in [0.25, 0.3) is 0 Å². The molecular formula is C16H17N3O3S. The van der Waals surface area contributed by atoms with E-state index in [1.807, 2.05) is 24.3 Å². The molecule has 0 saturated heterocycles. The third kappa shape index (κ3) is 3.50. The van der Waals surface area contributed by atoms with E-state index in [-0.39, 0.29) is 18.4 Å². The maximum absolute atomic E-state index is 12.5. The molecule has 2 heterocycles. The van der Waals surface area contributed by atoms with Gasteiger partial charge in [-0.2, -0.15) is 4.37 Å². The number of likely N-dealkylation sites (N-methyl/N-ethyl adjacent to an activating group) is 1. The Hall–Kier alpha value is -2.41. The van der Waals surface area contributed by atoms with Crippen molar-refractivity contribution in [1.29, 1.82) is 0 Å². The number of hydrogen-bond donors (Lipinski definition) is 1. The number of benzene rings is 1. The highest BCUT2D eigenvalue weighted by atomic mass is 32.1. The van der Waals surface area contributed by atoms with E-state index in [1.54, 1.807) is 23.4 Å². The summed E-state index contributed by atoms with van der Waals surface area (Å²) in [5, 5.41) is 4.55. The maximum Gasteiger partial charge on any atom is 0.258 e. The van der Waals surface area contributed by atoms with Gasteiger partial charge in [0.15, 0.2) is 6.61 Å². The molecule has 1 unspecified atom stereocenters. The molecule has 1 aliphatic heterocycles. The second-order valence-electron chi connectivity index (χ2n) is 5.34. The third-order valence-corrected chi connectivity index (χ3v) is 4.32. The Labute approximate surface area is 138 Å². The molecule has 1 aromatic heterocycles. The standard InChI is InChI=1S/C16H17N3O3S/c1-19-8-6-11-4-2-3-5-12(11)15(16(19)21)17-13(20)10-22-14-7-9-23-18-14/h2-5,7,9,15H,6,8,10H2,1H3,(H,17,20). The van der Waals surface area contributed by atoms with Crippen LogP contribution in [0, 0.1) is 0 Å². The number of nitrogens with zero attached hydrogens (tertiary/aromatic N) is 2. The van der Waals surface area contributed by atoms with Crippen molar-refractivity contribution in [3.05, 3.63) is 46.8 Å². The van der Waals surface area contributed by atoms with Gasteiger partial charge in [-0.1, -0.05) is 24.3 Å². The quantitative estimate of drug-likeness (QED) is 0.919. The number of nitrogens with one attached hydrogen (secondary N) is 1. The van der Waals surface area contributed by atoms with Gasteiger partial charge in [0.2, 0.25) is 11.8 Å². The highest BCUT2D eigenvalue weighted by molar-refractivity contribution is 7.03. The van der Waals surface area contributed by atoms with Crippen LogP contribution in [0.1, 0.15) is 17.2 Å². The molecule has 0 radical (unpaired) electrons. The molecule has 0 saturated carbocycles. The fourth-order valence-corrected chi connectivity index (χ4v) is 3.01. The summed E-state index contributed by atoms with van der Waals surface area (Å²) >= 11 is 1.25. The van der Waals surface area contributed by atoms with Crippen LogP contribution in [0.5, 0.6) is 5.88 Å². The summed E-state index contributed by atoms with van der Waals surface area (Å²) in [4.78, 5) is 26.3. The van der Waals surface area contributed by atoms with E-state index in [2.05, 4.69) is 9.69 Å². The highest BCUT2D eigenvalue weighted by Gasteiger charge is 2.30. The molecule has 7 heteroatoms. The largest absolute Gasteiger partial charge is 0.467 e. The number of hydrogen-bond acceptors (Lipinski definition) is 5. The van der Waals surface area contributed by atoms with Crippen LogP contribution in [0.3, 0.4) is 0 Å². The second-order valence-corrected chi connectivity index (χ2v) is 6.00. The molecule has 3 rings (SSSR count). The fraction of sp³-hybridized carbons (Fsp3) is 0.312. The average Bonchev–Trinajstić information content (AvgIpc) is 3.05. The van der Waals surface area contributed by atoms with Crippen molar-refractivity contribution in [1.82, 2.24) is 14.6 Å². The van der Waals surface area contributed by atoms with Crippen molar-refractivity contribution in [2.24, 2.45) is 0 Å². The summed E-state index contributed by atoms with van der Waals surface area (Å²) in [7, 11) is 1.75. The highest BCUT2D eigenvalue weighted by Crippen LogP contribution is 2.24. The summed E-state index contributed by atoms with van der Waals surface area (Å²) in [5.74, 6) is -0.0479. The molecule has 1 aliphatic rings. The topological polar surface area (TPSA) is 71.5 Å². The first kappa shape index (κ1) is 15.5. The van der Waals surface area contributed by atoms with Crippen molar-refractivity contribution in [2.45, 2.75) is 12.5 Å². The average molecular weight is 331 g/mol. The lowest BCUT2D eigenvalue weighted by Crippen LogP contribution is -2.42. The Morgan fingerprint density at radius 1 is 1.43 bits per heavy atom. The van der Waals surface area contributed by atoms with E-state index in [0.29, 0.717) is 12.4 Å². The molecule has 0 spiro atoms. The van der Waals surface area contributed by atoms with Crippen LogP contribution in [0.15, 0.2) is 35.7 Å². The van der Waals surface area contributed by atoms with Crippen LogP contribution >= 0.6 is 11.5 Å². The SMILES string of the molecule is CN1CCc2ccccc2C(NC(=O)COc2ccsn2)C1=O. The van der Waals surface area contributed by atoms with Crippen molar-refractivity contribution in [3.63, 3.8) is 0 Å². The molecule has 23 heavy (non-hydrogen) atoms. The first-order chi connectivity index (χ1) is 11.1. The Bertz CT molecular complexity index is 702. The van der Waals surface area contributed by atoms with Crippen LogP contribution in [-0.2, 0) is 16.0 Å². The first-order valence-electron chi connectivity index (χ1n) is 7.30. The Morgan fingerprint density at radius 3 is 3.04 bits per heavy atom. The van der Waals surface area contributed by atoms with Gasteiger partial charge in [0.05, 0.1) is 0 Å². The fourth-order valence-electron chi connectivity index (χ4n) is 2.55. The van der Waals surface area contributed by atoms with Crippen molar-refractivity contribution in [3.8, 4) is 5.88 Å². The Morgan fingerprint density at radius 2 is 2.26 bits per heavy atom. The van der Waals surface area contributed by atoms with Crippen LogP contribution in [-0.4, -0.2) is 41.3 Å². The van der Waals surface area contributed by atoms with E-state index in [4.69, 9.17) is 4.74 Å². The number of ether oxygens (including phenoxy) is 1. The number of aromatic nitrogens is 1. The second kappa shape index (κ2) is 6.78. The lowest BCUT2D eigenvalue weighted by atomic mass is 9.99. The molecule has 0 aliphatic carbocycles. The van der Waals surface area contributed by atoms with Crippen molar-refractivity contribution >= 4 is 23.3 Å². The maximum atomic E-state index is 12.5. The normalized spacial score (nSPS) is 17.3. The minimum atomic E-state index is -0.676. The summed E-state index contributed by atoms with van der Waals surface area (Å²) in [5.41, 5.74) is 1.93. The zero-order valence-electron chi connectivity index (χ0n) is 12.7. The zero-order valence-corrected chi connectivity index (χ0v) is 13.5. The minimum absolute atomic E-state index is 0.114. The molecule has 0 fully saturated rings. The predicted molar refractivity (Wildman–Crippen MR) is 86.3 cm³/mol. The van der Waals surface area contributed by atoms with Crippen molar-refractivity contribution < 1.29 is 14.3 Å². The molecule has 6 nitrogen and oxygen atoms in total. The van der Waals surface area contributed by atoms with Gasteiger partial charge in [-0.15, -0.1) is 0 Å². The van der Waals surface area contributed by atoms with Crippen LogP contribution < -0.4 is 10.1 Å². The van der Waals surface area contributed by atoms with Gasteiger partial charge >= 0.3 is 0 Å². The monoisotopic (exact) mass is 331 g/mol. The Balaban J connectivity index is 1.73. The smallest absolute Gasteiger partial charge is 0.258 e. The molecule has 1 N–H and O–H groups in total. The lowest BCUT2D eigenvalue weighted by molar-refractivity contribution is -0.135. The molecule has 1 atom stereocenters. The minimum Gasteiger partial charge on any atom is -0.467 e. The van der Waals surface area contributed by atoms with Crippen LogP contribution in [0.2, 0.25) is 0 Å². The van der Waals surface area contributed by atoms with E-state index in [9.17, 15) is 9.59 Å². The number of rotatable bonds is 4. The summed E-state index contributed by atoms with van der Waals surface area (Å²) < 4.78 is 9.27. The molecular weight excluding hydrogens is 314 g/mol. The van der Waals surface area contributed by atoms with Gasteiger partial charge in [0.25, 0.3) is 5.91 Å². The van der Waals surface area contributed by atoms with Gasteiger partial charge in [0.1, 0.15) is 6.04 Å². The summed E-state index contributed by atoms with van der Waals surface area (Å²) in [6, 6.07) is 8.72. The molecule has 0 bridgehead atoms. The summed E-state index contributed by atoms with van der Waals surface area (Å²) in [6.45, 7) is 0.469. The number of carbonyl (C=O) groups is 2. The molecule has 2 amide bonds. The van der Waals surface area contributed by atoms with E-state index in [1.165, 1.54) is 11.5 Å². The van der Waals surface area contributed by atoms with Gasteiger partial charge in [-0.25, -0.2) is 0 Å². The van der Waals surface area contributed by atoms with Gasteiger partial charge < -0.3 is 15.0 Å². The lowest BCUT2D eigenvalue weighted by Gasteiger charge is -2.22. The van der Waals surface area contributed by atoms with Gasteiger partial charge in [0, 0.05) is 25.0 Å². The molecule has 1 aromatic carbocycles. The number of amides is 2. The summed E-state index contributed by atoms with van der Waals surface area (Å²) in [6.07, 6.45) is 0.778. The Kier molecular flexibility index (Phi) is 4.57.